The third-order valence-corrected chi connectivity index (χ3v) is 10.00. The Morgan fingerprint density at radius 2 is 1.74 bits per heavy atom. The van der Waals surface area contributed by atoms with Gasteiger partial charge in [0.15, 0.2) is 0 Å². The van der Waals surface area contributed by atoms with Gasteiger partial charge >= 0.3 is 13.2 Å². The minimum Gasteiger partial charge on any atom is -0.488 e. The predicted molar refractivity (Wildman–Crippen MR) is 170 cm³/mol. The second-order valence-corrected chi connectivity index (χ2v) is 15.0. The third kappa shape index (κ3) is 4.91. The number of ether oxygens (including phenoxy) is 2. The van der Waals surface area contributed by atoms with Gasteiger partial charge < -0.3 is 18.8 Å². The van der Waals surface area contributed by atoms with E-state index in [0.29, 0.717) is 19.1 Å². The van der Waals surface area contributed by atoms with Crippen molar-refractivity contribution in [3.8, 4) is 16.9 Å². The molecule has 0 unspecified atom stereocenters. The van der Waals surface area contributed by atoms with E-state index in [-0.39, 0.29) is 23.3 Å². The molecule has 7 rings (SSSR count). The summed E-state index contributed by atoms with van der Waals surface area (Å²) >= 11 is 0. The first kappa shape index (κ1) is 28.7. The Bertz CT molecular complexity index is 1570. The number of amides is 1. The number of rotatable bonds is 2. The van der Waals surface area contributed by atoms with Crippen LogP contribution in [0.2, 0.25) is 0 Å². The van der Waals surface area contributed by atoms with Gasteiger partial charge in [0.25, 0.3) is 0 Å². The second-order valence-electron chi connectivity index (χ2n) is 15.0. The maximum atomic E-state index is 13.1. The van der Waals surface area contributed by atoms with Crippen molar-refractivity contribution in [2.24, 2.45) is 10.9 Å². The summed E-state index contributed by atoms with van der Waals surface area (Å²) in [5, 5.41) is 0. The minimum absolute atomic E-state index is 0.0159. The molecule has 2 fully saturated rings. The van der Waals surface area contributed by atoms with Crippen molar-refractivity contribution in [3.63, 3.8) is 0 Å². The van der Waals surface area contributed by atoms with Gasteiger partial charge in [-0.1, -0.05) is 25.1 Å². The van der Waals surface area contributed by atoms with Crippen LogP contribution in [0.3, 0.4) is 0 Å². The number of hydrogen-bond donors (Lipinski definition) is 0. The summed E-state index contributed by atoms with van der Waals surface area (Å²) < 4.78 is 24.8. The number of aryl methyl sites for hydroxylation is 1. The summed E-state index contributed by atoms with van der Waals surface area (Å²) in [5.41, 5.74) is 9.37. The lowest BCUT2D eigenvalue weighted by atomic mass is 9.76. The zero-order valence-electron chi connectivity index (χ0n) is 26.8. The number of benzene rings is 2. The van der Waals surface area contributed by atoms with Gasteiger partial charge in [-0.05, 0) is 119 Å². The topological polar surface area (TPSA) is 69.6 Å². The van der Waals surface area contributed by atoms with Crippen molar-refractivity contribution in [1.29, 1.82) is 0 Å². The van der Waals surface area contributed by atoms with Crippen molar-refractivity contribution >= 4 is 30.0 Å². The van der Waals surface area contributed by atoms with E-state index in [1.54, 1.807) is 0 Å². The fourth-order valence-electron chi connectivity index (χ4n) is 7.07. The van der Waals surface area contributed by atoms with Crippen LogP contribution >= 0.6 is 0 Å². The molecule has 1 amide bonds. The van der Waals surface area contributed by atoms with E-state index in [2.05, 4.69) is 65.0 Å². The van der Waals surface area contributed by atoms with Gasteiger partial charge in [-0.15, -0.1) is 0 Å². The molecule has 4 heterocycles. The molecule has 5 aliphatic rings. The molecule has 2 atom stereocenters. The van der Waals surface area contributed by atoms with Gasteiger partial charge in [0, 0.05) is 29.9 Å². The molecule has 0 radical (unpaired) electrons. The van der Waals surface area contributed by atoms with Crippen molar-refractivity contribution in [2.75, 3.05) is 6.54 Å². The van der Waals surface area contributed by atoms with Crippen LogP contribution in [0.15, 0.2) is 41.0 Å². The fourth-order valence-corrected chi connectivity index (χ4v) is 7.07. The van der Waals surface area contributed by atoms with E-state index in [1.807, 2.05) is 25.7 Å². The number of carbonyl (C=O) groups excluding carboxylic acids is 1. The average Bonchev–Trinajstić information content (AvgIpc) is 3.59. The van der Waals surface area contributed by atoms with Crippen LogP contribution in [-0.4, -0.2) is 53.2 Å². The van der Waals surface area contributed by atoms with E-state index >= 15 is 0 Å². The normalized spacial score (nSPS) is 25.1. The highest BCUT2D eigenvalue weighted by Gasteiger charge is 2.52. The molecular formula is C35H43BN2O5. The Kier molecular flexibility index (Phi) is 6.47. The van der Waals surface area contributed by atoms with Gasteiger partial charge in [0.1, 0.15) is 18.0 Å². The predicted octanol–water partition coefficient (Wildman–Crippen LogP) is 6.69. The van der Waals surface area contributed by atoms with E-state index in [1.165, 1.54) is 22.3 Å². The van der Waals surface area contributed by atoms with Gasteiger partial charge in [-0.3, -0.25) is 9.89 Å². The number of fused-ring (bicyclic) bond motifs is 5. The SMILES string of the molecule is C[C@H]1C[C@@H](C2=NC3=C(C2)c2cc4c(cc2CC3)-c2ccc(B3OC(C)(C)C(C)(C)O3)cc2CO4)N(C(=O)OC(C)(C)C)C1. The molecule has 4 aliphatic heterocycles. The summed E-state index contributed by atoms with van der Waals surface area (Å²) in [6.07, 6.45) is 3.30. The lowest BCUT2D eigenvalue weighted by Gasteiger charge is -2.32. The zero-order chi connectivity index (χ0) is 30.5. The van der Waals surface area contributed by atoms with Crippen LogP contribution in [-0.2, 0) is 27.1 Å². The molecule has 43 heavy (non-hydrogen) atoms. The largest absolute Gasteiger partial charge is 0.494 e. The third-order valence-electron chi connectivity index (χ3n) is 10.00. The minimum atomic E-state index is -0.521. The number of hydrogen-bond acceptors (Lipinski definition) is 6. The number of carbonyl (C=O) groups is 1. The zero-order valence-corrected chi connectivity index (χ0v) is 26.8. The smallest absolute Gasteiger partial charge is 0.488 e. The Hall–Kier alpha value is -3.10. The average molecular weight is 583 g/mol. The number of likely N-dealkylation sites (tertiary alicyclic amines) is 1. The lowest BCUT2D eigenvalue weighted by Crippen LogP contribution is -2.43. The van der Waals surface area contributed by atoms with Crippen molar-refractivity contribution in [1.82, 2.24) is 4.90 Å². The quantitative estimate of drug-likeness (QED) is 0.369. The highest BCUT2D eigenvalue weighted by Crippen LogP contribution is 2.47. The number of aliphatic imine (C=N–C) groups is 1. The Morgan fingerprint density at radius 1 is 1.00 bits per heavy atom. The number of allylic oxidation sites excluding steroid dienone is 2. The molecule has 0 N–H and O–H groups in total. The molecule has 8 heteroatoms. The van der Waals surface area contributed by atoms with Crippen molar-refractivity contribution in [2.45, 2.75) is 111 Å². The molecule has 2 aromatic rings. The van der Waals surface area contributed by atoms with Crippen LogP contribution in [0.5, 0.6) is 5.75 Å². The van der Waals surface area contributed by atoms with Gasteiger partial charge in [0.05, 0.1) is 17.2 Å². The van der Waals surface area contributed by atoms with E-state index in [4.69, 9.17) is 23.8 Å². The number of nitrogens with zero attached hydrogens (tertiary/aromatic N) is 2. The standard InChI is InChI=1S/C35H43BN2O5/c1-20-13-30(38(18-20)32(39)41-33(2,3)4)29-16-26-25-17-31-27(15-21(25)9-12-28(26)37-29)24-11-10-23(14-22(24)19-40-31)36-42-34(5,6)35(7,8)43-36/h10-11,14-15,17,20,30H,9,12-13,16,18-19H2,1-8H3/t20-,30-/m0/s1. The second kappa shape index (κ2) is 9.70. The van der Waals surface area contributed by atoms with E-state index in [0.717, 1.165) is 59.4 Å². The van der Waals surface area contributed by atoms with Crippen LogP contribution < -0.4 is 10.2 Å². The molecule has 226 valence electrons. The summed E-state index contributed by atoms with van der Waals surface area (Å²) in [4.78, 5) is 20.2. The summed E-state index contributed by atoms with van der Waals surface area (Å²) in [5.74, 6) is 1.33. The Morgan fingerprint density at radius 3 is 2.47 bits per heavy atom. The first-order valence-electron chi connectivity index (χ1n) is 15.8. The summed E-state index contributed by atoms with van der Waals surface area (Å²) in [6, 6.07) is 11.0. The highest BCUT2D eigenvalue weighted by atomic mass is 16.7. The van der Waals surface area contributed by atoms with Gasteiger partial charge in [-0.2, -0.15) is 0 Å². The molecule has 2 aromatic carbocycles. The molecular weight excluding hydrogens is 539 g/mol. The van der Waals surface area contributed by atoms with Crippen molar-refractivity contribution < 1.29 is 23.6 Å². The maximum absolute atomic E-state index is 13.1. The van der Waals surface area contributed by atoms with E-state index < -0.39 is 12.7 Å². The van der Waals surface area contributed by atoms with E-state index in [9.17, 15) is 4.79 Å². The van der Waals surface area contributed by atoms with Crippen LogP contribution in [0.4, 0.5) is 4.79 Å². The lowest BCUT2D eigenvalue weighted by molar-refractivity contribution is 0.00578. The van der Waals surface area contributed by atoms with Gasteiger partial charge in [0.2, 0.25) is 0 Å². The molecule has 0 saturated carbocycles. The Balaban J connectivity index is 1.13. The Labute approximate surface area is 255 Å². The fraction of sp³-hybridized carbons (Fsp3) is 0.543. The molecule has 7 nitrogen and oxygen atoms in total. The molecule has 2 saturated heterocycles. The molecule has 0 bridgehead atoms. The monoisotopic (exact) mass is 582 g/mol. The highest BCUT2D eigenvalue weighted by molar-refractivity contribution is 6.62. The summed E-state index contributed by atoms with van der Waals surface area (Å²) in [6.45, 7) is 17.5. The molecule has 0 aromatic heterocycles. The van der Waals surface area contributed by atoms with Crippen LogP contribution in [0, 0.1) is 5.92 Å². The molecule has 0 spiro atoms. The summed E-state index contributed by atoms with van der Waals surface area (Å²) in [7, 11) is -0.392. The van der Waals surface area contributed by atoms with Crippen LogP contribution in [0.25, 0.3) is 16.7 Å². The first-order valence-corrected chi connectivity index (χ1v) is 15.8. The van der Waals surface area contributed by atoms with Crippen LogP contribution in [0.1, 0.15) is 91.3 Å². The van der Waals surface area contributed by atoms with Gasteiger partial charge in [-0.25, -0.2) is 4.79 Å². The van der Waals surface area contributed by atoms with Crippen molar-refractivity contribution in [3.05, 3.63) is 52.7 Å². The maximum Gasteiger partial charge on any atom is 0.494 e. The first-order chi connectivity index (χ1) is 20.2. The molecule has 1 aliphatic carbocycles.